The number of ether oxygens (including phenoxy) is 1. The lowest BCUT2D eigenvalue weighted by Gasteiger charge is -2.30. The van der Waals surface area contributed by atoms with Gasteiger partial charge < -0.3 is 19.9 Å². The number of amides is 1. The molecule has 2 N–H and O–H groups in total. The van der Waals surface area contributed by atoms with Crippen molar-refractivity contribution in [1.82, 2.24) is 34.9 Å². The van der Waals surface area contributed by atoms with E-state index in [4.69, 9.17) is 14.7 Å². The molecule has 1 aliphatic carbocycles. The highest BCUT2D eigenvalue weighted by Crippen LogP contribution is 2.59. The van der Waals surface area contributed by atoms with Crippen LogP contribution >= 0.6 is 0 Å². The van der Waals surface area contributed by atoms with Crippen LogP contribution in [-0.2, 0) is 9.59 Å². The lowest BCUT2D eigenvalue weighted by molar-refractivity contribution is -0.124. The number of H-pyrrole nitrogens is 1. The van der Waals surface area contributed by atoms with Crippen molar-refractivity contribution < 1.29 is 14.3 Å². The first-order chi connectivity index (χ1) is 21.4. The Bertz CT molecular complexity index is 1600. The van der Waals surface area contributed by atoms with Gasteiger partial charge in [-0.1, -0.05) is 25.8 Å². The number of ketones is 1. The van der Waals surface area contributed by atoms with Gasteiger partial charge in [0.05, 0.1) is 41.8 Å². The van der Waals surface area contributed by atoms with E-state index in [0.29, 0.717) is 24.5 Å². The van der Waals surface area contributed by atoms with Gasteiger partial charge in [-0.25, -0.2) is 14.6 Å². The SMILES string of the molecule is CCC(=O)CCCCC[C@H](NC(=O)[C@H]1CC12CCN(C)CC2)c1ncc(-c2cc3ccc(-n4cccn4)cc3nc2OC)[nH]1. The molecule has 0 unspecified atom stereocenters. The molecule has 1 saturated heterocycles. The molecule has 1 aliphatic heterocycles. The zero-order valence-corrected chi connectivity index (χ0v) is 26.0. The fraction of sp³-hybridized carbons (Fsp3) is 0.500. The number of nitrogens with zero attached hydrogens (tertiary/aromatic N) is 5. The quantitative estimate of drug-likeness (QED) is 0.192. The lowest BCUT2D eigenvalue weighted by Crippen LogP contribution is -2.36. The number of pyridine rings is 1. The van der Waals surface area contributed by atoms with Crippen LogP contribution in [0.4, 0.5) is 0 Å². The molecule has 0 bridgehead atoms. The third kappa shape index (κ3) is 6.40. The molecule has 232 valence electrons. The number of carbonyl (C=O) groups is 2. The second kappa shape index (κ2) is 12.9. The number of Topliss-reactive ketones (excluding diaryl/α,β-unsaturated/α-hetero) is 1. The first kappa shape index (κ1) is 30.0. The number of fused-ring (bicyclic) bond motifs is 1. The highest BCUT2D eigenvalue weighted by molar-refractivity contribution is 5.87. The van der Waals surface area contributed by atoms with E-state index in [1.54, 1.807) is 24.2 Å². The van der Waals surface area contributed by atoms with Crippen LogP contribution < -0.4 is 10.1 Å². The van der Waals surface area contributed by atoms with Crippen LogP contribution in [0.2, 0.25) is 0 Å². The summed E-state index contributed by atoms with van der Waals surface area (Å²) in [4.78, 5) is 40.7. The number of methoxy groups -OCH3 is 1. The predicted molar refractivity (Wildman–Crippen MR) is 170 cm³/mol. The van der Waals surface area contributed by atoms with Gasteiger partial charge in [0.25, 0.3) is 0 Å². The average Bonchev–Trinajstić information content (AvgIpc) is 3.39. The van der Waals surface area contributed by atoms with E-state index < -0.39 is 0 Å². The van der Waals surface area contributed by atoms with Gasteiger partial charge in [0, 0.05) is 36.5 Å². The van der Waals surface area contributed by atoms with Crippen molar-refractivity contribution in [2.75, 3.05) is 27.2 Å². The maximum atomic E-state index is 13.6. The number of nitrogens with one attached hydrogen (secondary N) is 2. The number of carbonyl (C=O) groups excluding carboxylic acids is 2. The van der Waals surface area contributed by atoms with E-state index >= 15 is 0 Å². The fourth-order valence-electron chi connectivity index (χ4n) is 6.61. The van der Waals surface area contributed by atoms with Crippen molar-refractivity contribution >= 4 is 22.6 Å². The zero-order chi connectivity index (χ0) is 30.7. The van der Waals surface area contributed by atoms with Gasteiger partial charge in [0.2, 0.25) is 11.8 Å². The summed E-state index contributed by atoms with van der Waals surface area (Å²) in [6.07, 6.45) is 13.3. The normalized spacial score (nSPS) is 18.4. The molecule has 10 heteroatoms. The highest BCUT2D eigenvalue weighted by Gasteiger charge is 2.58. The Balaban J connectivity index is 1.21. The molecule has 2 fully saturated rings. The van der Waals surface area contributed by atoms with Gasteiger partial charge >= 0.3 is 0 Å². The third-order valence-corrected chi connectivity index (χ3v) is 9.59. The van der Waals surface area contributed by atoms with E-state index in [2.05, 4.69) is 33.4 Å². The number of piperidine rings is 1. The largest absolute Gasteiger partial charge is 0.480 e. The molecule has 4 heterocycles. The first-order valence-electron chi connectivity index (χ1n) is 15.9. The van der Waals surface area contributed by atoms with Gasteiger partial charge in [0.1, 0.15) is 11.6 Å². The van der Waals surface area contributed by atoms with Gasteiger partial charge in [0.15, 0.2) is 0 Å². The van der Waals surface area contributed by atoms with E-state index in [-0.39, 0.29) is 23.3 Å². The van der Waals surface area contributed by atoms with Crippen LogP contribution in [0.5, 0.6) is 5.88 Å². The number of benzene rings is 1. The smallest absolute Gasteiger partial charge is 0.224 e. The van der Waals surface area contributed by atoms with E-state index in [1.165, 1.54) is 0 Å². The summed E-state index contributed by atoms with van der Waals surface area (Å²) >= 11 is 0. The lowest BCUT2D eigenvalue weighted by atomic mass is 9.91. The second-order valence-corrected chi connectivity index (χ2v) is 12.5. The Morgan fingerprint density at radius 1 is 1.18 bits per heavy atom. The molecule has 10 nitrogen and oxygen atoms in total. The van der Waals surface area contributed by atoms with Crippen molar-refractivity contribution in [1.29, 1.82) is 0 Å². The summed E-state index contributed by atoms with van der Waals surface area (Å²) in [7, 11) is 3.77. The average molecular weight is 598 g/mol. The maximum absolute atomic E-state index is 13.6. The topological polar surface area (TPSA) is 118 Å². The number of rotatable bonds is 13. The summed E-state index contributed by atoms with van der Waals surface area (Å²) in [5, 5.41) is 8.66. The van der Waals surface area contributed by atoms with Gasteiger partial charge in [-0.15, -0.1) is 0 Å². The Morgan fingerprint density at radius 3 is 2.77 bits per heavy atom. The van der Waals surface area contributed by atoms with Crippen molar-refractivity contribution in [3.63, 3.8) is 0 Å². The first-order valence-corrected chi connectivity index (χ1v) is 15.9. The van der Waals surface area contributed by atoms with Gasteiger partial charge in [-0.3, -0.25) is 9.59 Å². The van der Waals surface area contributed by atoms with E-state index in [9.17, 15) is 9.59 Å². The fourth-order valence-corrected chi connectivity index (χ4v) is 6.61. The van der Waals surface area contributed by atoms with Crippen LogP contribution in [-0.4, -0.2) is 68.6 Å². The Kier molecular flexibility index (Phi) is 8.79. The number of hydrogen-bond acceptors (Lipinski definition) is 7. The monoisotopic (exact) mass is 597 g/mol. The number of imidazole rings is 1. The summed E-state index contributed by atoms with van der Waals surface area (Å²) < 4.78 is 7.52. The summed E-state index contributed by atoms with van der Waals surface area (Å²) in [6.45, 7) is 4.02. The van der Waals surface area contributed by atoms with E-state index in [0.717, 1.165) is 91.7 Å². The molecule has 0 radical (unpaired) electrons. The third-order valence-electron chi connectivity index (χ3n) is 9.59. The minimum absolute atomic E-state index is 0.0757. The minimum Gasteiger partial charge on any atom is -0.480 e. The summed E-state index contributed by atoms with van der Waals surface area (Å²) in [5.74, 6) is 1.74. The molecular formula is C34H43N7O3. The standard InChI is InChI=1S/C34H43N7O3/c1-4-25(42)9-6-5-7-10-28(38-32(43)27-21-34(27)13-17-40(2)18-14-34)31-35-22-30(37-31)26-19-23-11-12-24(41-16-8-15-36-41)20-29(23)39-33(26)44-3/h8,11-12,15-16,19-20,22,27-28H,4-7,9-10,13-14,17-18,21H2,1-3H3,(H,35,37)(H,38,43)/t27-,28+/m1/s1. The predicted octanol–water partition coefficient (Wildman–Crippen LogP) is 5.64. The molecule has 1 amide bonds. The number of aromatic nitrogens is 5. The zero-order valence-electron chi connectivity index (χ0n) is 26.0. The Morgan fingerprint density at radius 2 is 2.02 bits per heavy atom. The maximum Gasteiger partial charge on any atom is 0.224 e. The molecule has 4 aromatic rings. The summed E-state index contributed by atoms with van der Waals surface area (Å²) in [6, 6.07) is 9.73. The molecular weight excluding hydrogens is 554 g/mol. The van der Waals surface area contributed by atoms with Crippen LogP contribution in [0.25, 0.3) is 27.8 Å². The van der Waals surface area contributed by atoms with Crippen molar-refractivity contribution in [2.45, 2.75) is 70.8 Å². The number of unbranched alkanes of at least 4 members (excludes halogenated alkanes) is 2. The molecule has 1 saturated carbocycles. The summed E-state index contributed by atoms with van der Waals surface area (Å²) in [5.41, 5.74) is 3.48. The van der Waals surface area contributed by atoms with Gasteiger partial charge in [-0.05, 0) is 81.9 Å². The molecule has 3 aromatic heterocycles. The second-order valence-electron chi connectivity index (χ2n) is 12.5. The molecule has 44 heavy (non-hydrogen) atoms. The van der Waals surface area contributed by atoms with Crippen molar-refractivity contribution in [2.24, 2.45) is 11.3 Å². The molecule has 1 aromatic carbocycles. The van der Waals surface area contributed by atoms with Crippen LogP contribution in [0.3, 0.4) is 0 Å². The van der Waals surface area contributed by atoms with Crippen molar-refractivity contribution in [3.8, 4) is 22.8 Å². The van der Waals surface area contributed by atoms with E-state index in [1.807, 2.05) is 37.4 Å². The van der Waals surface area contributed by atoms with Gasteiger partial charge in [-0.2, -0.15) is 5.10 Å². The molecule has 1 spiro atoms. The number of hydrogen-bond donors (Lipinski definition) is 2. The Hall–Kier alpha value is -4.05. The molecule has 2 aliphatic rings. The minimum atomic E-state index is -0.238. The van der Waals surface area contributed by atoms with Crippen LogP contribution in [0.1, 0.15) is 76.6 Å². The number of likely N-dealkylation sites (tertiary alicyclic amines) is 1. The van der Waals surface area contributed by atoms with Crippen LogP contribution in [0.15, 0.2) is 48.9 Å². The van der Waals surface area contributed by atoms with Crippen LogP contribution in [0, 0.1) is 11.3 Å². The highest BCUT2D eigenvalue weighted by atomic mass is 16.5. The van der Waals surface area contributed by atoms with Crippen molar-refractivity contribution in [3.05, 3.63) is 54.7 Å². The molecule has 2 atom stereocenters. The number of aromatic amines is 1. The Labute approximate surface area is 258 Å². The molecule has 6 rings (SSSR count).